The van der Waals surface area contributed by atoms with Gasteiger partial charge in [-0.25, -0.2) is 4.79 Å². The first-order chi connectivity index (χ1) is 13.9. The molecule has 1 saturated carbocycles. The number of carbonyl (C=O) groups excluding carboxylic acids is 2. The normalized spacial score (nSPS) is 25.6. The average Bonchev–Trinajstić information content (AvgIpc) is 2.97. The third-order valence-corrected chi connectivity index (χ3v) is 5.83. The maximum Gasteiger partial charge on any atom is 0.513 e. The van der Waals surface area contributed by atoms with Gasteiger partial charge < -0.3 is 19.5 Å². The lowest BCUT2D eigenvalue weighted by atomic mass is 9.78. The van der Waals surface area contributed by atoms with Crippen LogP contribution in [0.4, 0.5) is 4.79 Å². The Morgan fingerprint density at radius 2 is 1.97 bits per heavy atom. The van der Waals surface area contributed by atoms with Gasteiger partial charge in [-0.3, -0.25) is 4.79 Å². The molecule has 2 rings (SSSR count). The van der Waals surface area contributed by atoms with Crippen LogP contribution < -0.4 is 5.32 Å². The number of allylic oxidation sites excluding steroid dienone is 4. The molecule has 29 heavy (non-hydrogen) atoms. The van der Waals surface area contributed by atoms with Crippen LogP contribution in [0.2, 0.25) is 0 Å². The van der Waals surface area contributed by atoms with Gasteiger partial charge in [0, 0.05) is 7.11 Å². The van der Waals surface area contributed by atoms with E-state index < -0.39 is 11.7 Å². The van der Waals surface area contributed by atoms with Crippen LogP contribution in [-0.4, -0.2) is 37.4 Å². The molecule has 0 unspecified atom stereocenters. The van der Waals surface area contributed by atoms with Gasteiger partial charge in [-0.1, -0.05) is 25.7 Å². The molecule has 0 aromatic rings. The smallest absolute Gasteiger partial charge is 0.434 e. The van der Waals surface area contributed by atoms with Crippen LogP contribution in [0.15, 0.2) is 46.8 Å². The van der Waals surface area contributed by atoms with Crippen LogP contribution in [-0.2, 0) is 19.0 Å². The molecule has 1 N–H and O–H groups in total. The number of nitrogens with one attached hydrogen (secondary N) is 1. The Bertz CT molecular complexity index is 751. The van der Waals surface area contributed by atoms with Gasteiger partial charge in [0.1, 0.15) is 5.76 Å². The summed E-state index contributed by atoms with van der Waals surface area (Å²) in [7, 11) is 1.70. The van der Waals surface area contributed by atoms with Crippen molar-refractivity contribution in [2.75, 3.05) is 13.7 Å². The van der Waals surface area contributed by atoms with E-state index in [1.807, 2.05) is 26.8 Å². The van der Waals surface area contributed by atoms with Gasteiger partial charge in [-0.05, 0) is 69.6 Å². The molecule has 1 aliphatic carbocycles. The van der Waals surface area contributed by atoms with Crippen LogP contribution in [0.1, 0.15) is 59.8 Å². The van der Waals surface area contributed by atoms with E-state index in [-0.39, 0.29) is 18.6 Å². The van der Waals surface area contributed by atoms with Gasteiger partial charge in [0.05, 0.1) is 23.8 Å². The van der Waals surface area contributed by atoms with Crippen molar-refractivity contribution in [3.63, 3.8) is 0 Å². The SMILES string of the molecule is C=C/C(CC)=C(C1=C(OC(=O)OCC)C2(CCC(OC)CC2)NC1=O)/C(C)=C\C. The summed E-state index contributed by atoms with van der Waals surface area (Å²) in [6, 6.07) is 0. The van der Waals surface area contributed by atoms with Crippen molar-refractivity contribution < 1.29 is 23.8 Å². The first-order valence-corrected chi connectivity index (χ1v) is 10.3. The maximum atomic E-state index is 13.2. The Morgan fingerprint density at radius 1 is 1.31 bits per heavy atom. The molecule has 2 aliphatic rings. The topological polar surface area (TPSA) is 73.9 Å². The zero-order valence-electron chi connectivity index (χ0n) is 18.2. The second kappa shape index (κ2) is 9.92. The number of hydrogen-bond donors (Lipinski definition) is 1. The van der Waals surface area contributed by atoms with E-state index in [2.05, 4.69) is 11.9 Å². The van der Waals surface area contributed by atoms with Crippen molar-refractivity contribution in [2.24, 2.45) is 0 Å². The highest BCUT2D eigenvalue weighted by Gasteiger charge is 2.50. The number of ether oxygens (including phenoxy) is 3. The molecule has 6 heteroatoms. The molecule has 0 aromatic carbocycles. The molecule has 0 aromatic heterocycles. The summed E-state index contributed by atoms with van der Waals surface area (Å²) in [5.41, 5.74) is 2.31. The fourth-order valence-corrected chi connectivity index (χ4v) is 4.14. The highest BCUT2D eigenvalue weighted by Crippen LogP contribution is 2.44. The summed E-state index contributed by atoms with van der Waals surface area (Å²) in [5.74, 6) is 0.128. The van der Waals surface area contributed by atoms with E-state index in [4.69, 9.17) is 14.2 Å². The van der Waals surface area contributed by atoms with Crippen molar-refractivity contribution in [1.29, 1.82) is 0 Å². The summed E-state index contributed by atoms with van der Waals surface area (Å²) in [6.45, 7) is 11.7. The van der Waals surface area contributed by atoms with Gasteiger partial charge in [-0.2, -0.15) is 0 Å². The highest BCUT2D eigenvalue weighted by molar-refractivity contribution is 6.04. The van der Waals surface area contributed by atoms with E-state index in [0.29, 0.717) is 30.6 Å². The van der Waals surface area contributed by atoms with Crippen molar-refractivity contribution in [2.45, 2.75) is 71.4 Å². The molecule has 0 bridgehead atoms. The Balaban J connectivity index is 2.67. The van der Waals surface area contributed by atoms with Crippen LogP contribution in [0.5, 0.6) is 0 Å². The van der Waals surface area contributed by atoms with Gasteiger partial charge in [-0.15, -0.1) is 0 Å². The quantitative estimate of drug-likeness (QED) is 0.491. The minimum Gasteiger partial charge on any atom is -0.434 e. The Hall–Kier alpha value is -2.34. The average molecular weight is 404 g/mol. The van der Waals surface area contributed by atoms with Crippen molar-refractivity contribution >= 4 is 12.1 Å². The molecule has 1 aliphatic heterocycles. The summed E-state index contributed by atoms with van der Waals surface area (Å²) in [4.78, 5) is 25.5. The molecule has 6 nitrogen and oxygen atoms in total. The van der Waals surface area contributed by atoms with Gasteiger partial charge >= 0.3 is 6.16 Å². The van der Waals surface area contributed by atoms with E-state index >= 15 is 0 Å². The van der Waals surface area contributed by atoms with E-state index in [1.54, 1.807) is 20.1 Å². The molecular formula is C23H33NO5. The Labute approximate surface area is 173 Å². The number of rotatable bonds is 7. The van der Waals surface area contributed by atoms with Crippen molar-refractivity contribution in [1.82, 2.24) is 5.32 Å². The number of amides is 1. The lowest BCUT2D eigenvalue weighted by molar-refractivity contribution is -0.118. The van der Waals surface area contributed by atoms with Crippen LogP contribution in [0.3, 0.4) is 0 Å². The largest absolute Gasteiger partial charge is 0.513 e. The van der Waals surface area contributed by atoms with Crippen LogP contribution >= 0.6 is 0 Å². The standard InChI is InChI=1S/C23H33NO5/c1-7-15(5)18(16(8-2)9-3)19-20(29-22(26)28-10-4)23(24-21(19)25)13-11-17(27-6)12-14-23/h7-8,17H,2,9-14H2,1,3-6H3,(H,24,25)/b15-7-,18-16+. The second-order valence-electron chi connectivity index (χ2n) is 7.39. The van der Waals surface area contributed by atoms with Gasteiger partial charge in [0.2, 0.25) is 0 Å². The summed E-state index contributed by atoms with van der Waals surface area (Å²) >= 11 is 0. The summed E-state index contributed by atoms with van der Waals surface area (Å²) < 4.78 is 16.2. The van der Waals surface area contributed by atoms with Crippen LogP contribution in [0, 0.1) is 0 Å². The summed E-state index contributed by atoms with van der Waals surface area (Å²) in [6.07, 6.45) is 6.55. The lowest BCUT2D eigenvalue weighted by Crippen LogP contribution is -2.49. The maximum absolute atomic E-state index is 13.2. The molecule has 1 fully saturated rings. The van der Waals surface area contributed by atoms with Crippen LogP contribution in [0.25, 0.3) is 0 Å². The molecule has 0 atom stereocenters. The predicted octanol–water partition coefficient (Wildman–Crippen LogP) is 4.73. The molecular weight excluding hydrogens is 370 g/mol. The Kier molecular flexibility index (Phi) is 7.85. The number of hydrogen-bond acceptors (Lipinski definition) is 5. The molecule has 160 valence electrons. The molecule has 1 amide bonds. The van der Waals surface area contributed by atoms with E-state index in [0.717, 1.165) is 29.6 Å². The fraction of sp³-hybridized carbons (Fsp3) is 0.565. The minimum atomic E-state index is -0.793. The highest BCUT2D eigenvalue weighted by atomic mass is 16.7. The fourth-order valence-electron chi connectivity index (χ4n) is 4.14. The predicted molar refractivity (Wildman–Crippen MR) is 112 cm³/mol. The van der Waals surface area contributed by atoms with Crippen molar-refractivity contribution in [3.05, 3.63) is 46.8 Å². The van der Waals surface area contributed by atoms with Gasteiger partial charge in [0.15, 0.2) is 0 Å². The van der Waals surface area contributed by atoms with Crippen molar-refractivity contribution in [3.8, 4) is 0 Å². The lowest BCUT2D eigenvalue weighted by Gasteiger charge is -2.37. The first kappa shape index (κ1) is 22.9. The molecule has 1 heterocycles. The second-order valence-corrected chi connectivity index (χ2v) is 7.39. The van der Waals surface area contributed by atoms with E-state index in [9.17, 15) is 9.59 Å². The zero-order chi connectivity index (χ0) is 21.6. The molecule has 0 radical (unpaired) electrons. The summed E-state index contributed by atoms with van der Waals surface area (Å²) in [5, 5.41) is 3.13. The third kappa shape index (κ3) is 4.64. The third-order valence-electron chi connectivity index (χ3n) is 5.83. The monoisotopic (exact) mass is 403 g/mol. The minimum absolute atomic E-state index is 0.136. The van der Waals surface area contributed by atoms with Gasteiger partial charge in [0.25, 0.3) is 5.91 Å². The number of carbonyl (C=O) groups is 2. The first-order valence-electron chi connectivity index (χ1n) is 10.3. The van der Waals surface area contributed by atoms with E-state index in [1.165, 1.54) is 0 Å². The zero-order valence-corrected chi connectivity index (χ0v) is 18.2. The number of methoxy groups -OCH3 is 1. The molecule has 1 spiro atoms. The Morgan fingerprint density at radius 3 is 2.45 bits per heavy atom. The molecule has 0 saturated heterocycles.